The Balaban J connectivity index is 1.52. The summed E-state index contributed by atoms with van der Waals surface area (Å²) in [5.74, 6) is 0.316. The highest BCUT2D eigenvalue weighted by Crippen LogP contribution is 2.27. The summed E-state index contributed by atoms with van der Waals surface area (Å²) >= 11 is 0. The van der Waals surface area contributed by atoms with Crippen molar-refractivity contribution in [3.63, 3.8) is 0 Å². The lowest BCUT2D eigenvalue weighted by atomic mass is 9.86. The second kappa shape index (κ2) is 8.61. The zero-order valence-electron chi connectivity index (χ0n) is 18.3. The second-order valence-corrected chi connectivity index (χ2v) is 8.89. The van der Waals surface area contributed by atoms with Gasteiger partial charge in [0.05, 0.1) is 6.20 Å². The number of carbonyl (C=O) groups excluding carboxylic acids is 1. The molecule has 164 valence electrons. The van der Waals surface area contributed by atoms with Gasteiger partial charge in [-0.25, -0.2) is 4.68 Å². The summed E-state index contributed by atoms with van der Waals surface area (Å²) < 4.78 is 3.34. The molecule has 6 nitrogen and oxygen atoms in total. The van der Waals surface area contributed by atoms with Crippen molar-refractivity contribution in [1.29, 1.82) is 0 Å². The molecule has 0 aliphatic heterocycles. The number of hydrogen-bond donors (Lipinski definition) is 1. The maximum absolute atomic E-state index is 13.5. The van der Waals surface area contributed by atoms with E-state index in [9.17, 15) is 9.59 Å². The van der Waals surface area contributed by atoms with Crippen LogP contribution in [0.4, 0.5) is 0 Å². The van der Waals surface area contributed by atoms with E-state index in [2.05, 4.69) is 29.5 Å². The minimum atomic E-state index is -0.235. The number of rotatable bonds is 5. The third-order valence-electron chi connectivity index (χ3n) is 6.71. The van der Waals surface area contributed by atoms with Crippen molar-refractivity contribution in [2.45, 2.75) is 51.7 Å². The summed E-state index contributed by atoms with van der Waals surface area (Å²) in [6, 6.07) is 18.3. The number of nitrogens with one attached hydrogen (secondary N) is 1. The molecule has 1 aliphatic carbocycles. The van der Waals surface area contributed by atoms with Crippen molar-refractivity contribution < 1.29 is 4.79 Å². The highest BCUT2D eigenvalue weighted by Gasteiger charge is 2.23. The number of benzene rings is 2. The predicted molar refractivity (Wildman–Crippen MR) is 127 cm³/mol. The van der Waals surface area contributed by atoms with Crippen LogP contribution in [0.5, 0.6) is 0 Å². The molecule has 2 heterocycles. The molecule has 4 aromatic rings. The first-order chi connectivity index (χ1) is 15.6. The normalized spacial score (nSPS) is 18.8. The molecule has 2 atom stereocenters. The Morgan fingerprint density at radius 1 is 1.03 bits per heavy atom. The Morgan fingerprint density at radius 2 is 1.78 bits per heavy atom. The van der Waals surface area contributed by atoms with Gasteiger partial charge in [0.25, 0.3) is 5.56 Å². The van der Waals surface area contributed by atoms with Crippen molar-refractivity contribution in [1.82, 2.24) is 19.7 Å². The van der Waals surface area contributed by atoms with Gasteiger partial charge < -0.3 is 9.88 Å². The average molecular weight is 429 g/mol. The number of para-hydroxylation sites is 1. The van der Waals surface area contributed by atoms with E-state index in [1.807, 2.05) is 47.0 Å². The van der Waals surface area contributed by atoms with Crippen molar-refractivity contribution in [2.75, 3.05) is 0 Å². The summed E-state index contributed by atoms with van der Waals surface area (Å²) in [7, 11) is 0. The van der Waals surface area contributed by atoms with E-state index in [0.29, 0.717) is 18.0 Å². The highest BCUT2D eigenvalue weighted by molar-refractivity contribution is 6.07. The van der Waals surface area contributed by atoms with E-state index in [4.69, 9.17) is 0 Å². The van der Waals surface area contributed by atoms with Gasteiger partial charge in [-0.2, -0.15) is 5.10 Å². The lowest BCUT2D eigenvalue weighted by Crippen LogP contribution is -2.43. The predicted octanol–water partition coefficient (Wildman–Crippen LogP) is 4.09. The summed E-state index contributed by atoms with van der Waals surface area (Å²) in [4.78, 5) is 26.2. The van der Waals surface area contributed by atoms with Crippen molar-refractivity contribution in [3.05, 3.63) is 76.7 Å². The molecule has 1 amide bonds. The standard InChI is InChI=1S/C26H28N4O2/c1-18-9-5-7-13-22(18)28-24(31)17-30-26(32)25-21(15-27-30)20-12-6-8-14-23(20)29(25)16-19-10-3-2-4-11-19/h2-4,6,8,10-12,14-15,18,22H,5,7,9,13,16-17H2,1H3,(H,28,31). The smallest absolute Gasteiger partial charge is 0.291 e. The Kier molecular flexibility index (Phi) is 5.52. The van der Waals surface area contributed by atoms with Gasteiger partial charge in [-0.15, -0.1) is 0 Å². The molecule has 0 radical (unpaired) electrons. The van der Waals surface area contributed by atoms with Crippen LogP contribution >= 0.6 is 0 Å². The number of fused-ring (bicyclic) bond motifs is 3. The Morgan fingerprint density at radius 3 is 2.59 bits per heavy atom. The molecule has 0 saturated heterocycles. The van der Waals surface area contributed by atoms with E-state index < -0.39 is 0 Å². The van der Waals surface area contributed by atoms with Gasteiger partial charge in [-0.3, -0.25) is 9.59 Å². The van der Waals surface area contributed by atoms with Crippen molar-refractivity contribution in [2.24, 2.45) is 5.92 Å². The van der Waals surface area contributed by atoms with Crippen LogP contribution < -0.4 is 10.9 Å². The quantitative estimate of drug-likeness (QED) is 0.520. The van der Waals surface area contributed by atoms with Gasteiger partial charge in [-0.1, -0.05) is 68.3 Å². The van der Waals surface area contributed by atoms with E-state index >= 15 is 0 Å². The number of nitrogens with zero attached hydrogens (tertiary/aromatic N) is 3. The molecule has 2 unspecified atom stereocenters. The van der Waals surface area contributed by atoms with Crippen LogP contribution in [-0.2, 0) is 17.9 Å². The number of carbonyl (C=O) groups is 1. The lowest BCUT2D eigenvalue weighted by molar-refractivity contribution is -0.123. The summed E-state index contributed by atoms with van der Waals surface area (Å²) in [6.45, 7) is 2.70. The Labute approximate surface area is 186 Å². The van der Waals surface area contributed by atoms with E-state index in [0.717, 1.165) is 41.1 Å². The number of amides is 1. The molecule has 2 aromatic heterocycles. The first-order valence-electron chi connectivity index (χ1n) is 11.4. The van der Waals surface area contributed by atoms with Crippen LogP contribution in [0, 0.1) is 5.92 Å². The van der Waals surface area contributed by atoms with Crippen LogP contribution in [0.2, 0.25) is 0 Å². The monoisotopic (exact) mass is 428 g/mol. The topological polar surface area (TPSA) is 68.9 Å². The lowest BCUT2D eigenvalue weighted by Gasteiger charge is -2.29. The number of aromatic nitrogens is 3. The van der Waals surface area contributed by atoms with Crippen LogP contribution in [0.3, 0.4) is 0 Å². The Bertz CT molecular complexity index is 1320. The SMILES string of the molecule is CC1CCCCC1NC(=O)Cn1ncc2c3ccccc3n(Cc3ccccc3)c2c1=O. The van der Waals surface area contributed by atoms with Gasteiger partial charge >= 0.3 is 0 Å². The van der Waals surface area contributed by atoms with Crippen LogP contribution in [-0.4, -0.2) is 26.3 Å². The maximum atomic E-state index is 13.5. The van der Waals surface area contributed by atoms with Crippen LogP contribution in [0.1, 0.15) is 38.2 Å². The van der Waals surface area contributed by atoms with Gasteiger partial charge in [0.15, 0.2) is 0 Å². The third-order valence-corrected chi connectivity index (χ3v) is 6.71. The van der Waals surface area contributed by atoms with Gasteiger partial charge in [0, 0.05) is 28.9 Å². The third kappa shape index (κ3) is 3.81. The maximum Gasteiger partial charge on any atom is 0.291 e. The molecule has 32 heavy (non-hydrogen) atoms. The van der Waals surface area contributed by atoms with Crippen molar-refractivity contribution >= 4 is 27.7 Å². The molecular weight excluding hydrogens is 400 g/mol. The summed E-state index contributed by atoms with van der Waals surface area (Å²) in [6.07, 6.45) is 6.21. The van der Waals surface area contributed by atoms with Gasteiger partial charge in [0.1, 0.15) is 12.1 Å². The molecule has 5 rings (SSSR count). The fourth-order valence-corrected chi connectivity index (χ4v) is 4.96. The molecule has 1 fully saturated rings. The highest BCUT2D eigenvalue weighted by atomic mass is 16.2. The molecule has 1 saturated carbocycles. The Hall–Kier alpha value is -3.41. The molecule has 0 spiro atoms. The van der Waals surface area contributed by atoms with Gasteiger partial charge in [0.2, 0.25) is 5.91 Å². The number of hydrogen-bond acceptors (Lipinski definition) is 3. The summed E-state index contributed by atoms with van der Waals surface area (Å²) in [5.41, 5.74) is 2.45. The molecular formula is C26H28N4O2. The largest absolute Gasteiger partial charge is 0.351 e. The minimum Gasteiger partial charge on any atom is -0.351 e. The molecule has 1 N–H and O–H groups in total. The van der Waals surface area contributed by atoms with Crippen molar-refractivity contribution in [3.8, 4) is 0 Å². The second-order valence-electron chi connectivity index (χ2n) is 8.89. The van der Waals surface area contributed by atoms with E-state index in [1.54, 1.807) is 6.20 Å². The minimum absolute atomic E-state index is 0.0646. The van der Waals surface area contributed by atoms with Crippen LogP contribution in [0.15, 0.2) is 65.6 Å². The molecule has 6 heteroatoms. The summed E-state index contributed by atoms with van der Waals surface area (Å²) in [5, 5.41) is 9.30. The fraction of sp³-hybridized carbons (Fsp3) is 0.346. The average Bonchev–Trinajstić information content (AvgIpc) is 3.12. The van der Waals surface area contributed by atoms with E-state index in [1.165, 1.54) is 11.1 Å². The zero-order valence-corrected chi connectivity index (χ0v) is 18.3. The molecule has 2 aromatic carbocycles. The van der Waals surface area contributed by atoms with Crippen LogP contribution in [0.25, 0.3) is 21.8 Å². The molecule has 0 bridgehead atoms. The van der Waals surface area contributed by atoms with E-state index in [-0.39, 0.29) is 24.1 Å². The molecule has 1 aliphatic rings. The zero-order chi connectivity index (χ0) is 22.1. The van der Waals surface area contributed by atoms with Gasteiger partial charge in [-0.05, 0) is 30.4 Å². The fourth-order valence-electron chi connectivity index (χ4n) is 4.96. The first kappa shape index (κ1) is 20.5. The first-order valence-corrected chi connectivity index (χ1v) is 11.4.